The summed E-state index contributed by atoms with van der Waals surface area (Å²) in [6.07, 6.45) is 0. The van der Waals surface area contributed by atoms with Crippen LogP contribution in [0.15, 0.2) is 164 Å². The lowest BCUT2D eigenvalue weighted by Crippen LogP contribution is -1.98. The van der Waals surface area contributed by atoms with E-state index in [1.807, 2.05) is 36.4 Å². The number of benzene rings is 8. The van der Waals surface area contributed by atoms with Gasteiger partial charge in [0.25, 0.3) is 0 Å². The highest BCUT2D eigenvalue weighted by molar-refractivity contribution is 6.22. The largest absolute Gasteiger partial charge is 0.308 e. The molecule has 0 aliphatic heterocycles. The minimum absolute atomic E-state index is 0.577. The van der Waals surface area contributed by atoms with Crippen molar-refractivity contribution in [2.75, 3.05) is 0 Å². The van der Waals surface area contributed by atoms with E-state index in [4.69, 9.17) is 0 Å². The van der Waals surface area contributed by atoms with Crippen LogP contribution in [0, 0.1) is 22.7 Å². The smallest absolute Gasteiger partial charge is 0.101 e. The molecule has 0 aliphatic rings. The predicted octanol–water partition coefficient (Wildman–Crippen LogP) is 11.8. The Kier molecular flexibility index (Phi) is 6.58. The fourth-order valence-electron chi connectivity index (χ4n) is 7.58. The number of nitriles is 2. The third-order valence-corrected chi connectivity index (χ3v) is 9.66. The zero-order valence-electron chi connectivity index (χ0n) is 26.4. The molecule has 0 fully saturated rings. The molecule has 9 rings (SSSR count). The van der Waals surface area contributed by atoms with Gasteiger partial charge in [0, 0.05) is 10.8 Å². The van der Waals surface area contributed by atoms with E-state index in [1.165, 1.54) is 38.2 Å². The quantitative estimate of drug-likeness (QED) is 0.184. The van der Waals surface area contributed by atoms with Crippen molar-refractivity contribution in [3.8, 4) is 51.2 Å². The normalized spacial score (nSPS) is 11.2. The summed E-state index contributed by atoms with van der Waals surface area (Å²) in [6, 6.07) is 61.4. The maximum absolute atomic E-state index is 10.6. The number of hydrogen-bond acceptors (Lipinski definition) is 2. The van der Waals surface area contributed by atoms with E-state index < -0.39 is 0 Å². The predicted molar refractivity (Wildman–Crippen MR) is 202 cm³/mol. The van der Waals surface area contributed by atoms with E-state index in [9.17, 15) is 10.5 Å². The van der Waals surface area contributed by atoms with Gasteiger partial charge in [0.05, 0.1) is 33.9 Å². The molecule has 226 valence electrons. The molecule has 3 nitrogen and oxygen atoms in total. The molecule has 0 amide bonds. The van der Waals surface area contributed by atoms with Gasteiger partial charge < -0.3 is 4.57 Å². The fourth-order valence-corrected chi connectivity index (χ4v) is 7.58. The van der Waals surface area contributed by atoms with Crippen molar-refractivity contribution < 1.29 is 0 Å². The van der Waals surface area contributed by atoms with Crippen LogP contribution in [-0.2, 0) is 0 Å². The topological polar surface area (TPSA) is 52.5 Å². The Morgan fingerprint density at radius 2 is 0.959 bits per heavy atom. The van der Waals surface area contributed by atoms with Crippen LogP contribution >= 0.6 is 0 Å². The molecule has 49 heavy (non-hydrogen) atoms. The molecule has 0 radical (unpaired) electrons. The lowest BCUT2D eigenvalue weighted by molar-refractivity contribution is 1.17. The van der Waals surface area contributed by atoms with Crippen molar-refractivity contribution in [2.24, 2.45) is 0 Å². The van der Waals surface area contributed by atoms with Crippen LogP contribution in [0.4, 0.5) is 0 Å². The van der Waals surface area contributed by atoms with Gasteiger partial charge in [-0.2, -0.15) is 10.5 Å². The molecule has 1 aromatic heterocycles. The molecule has 8 aromatic carbocycles. The van der Waals surface area contributed by atoms with E-state index in [0.717, 1.165) is 44.2 Å². The number of hydrogen-bond donors (Lipinski definition) is 0. The van der Waals surface area contributed by atoms with E-state index >= 15 is 0 Å². The van der Waals surface area contributed by atoms with Gasteiger partial charge in [0.15, 0.2) is 0 Å². The average molecular weight is 622 g/mol. The first-order valence-corrected chi connectivity index (χ1v) is 16.3. The SMILES string of the molecule is N#Cc1ccc2c(c1)c1ccccc1n2-c1ccc(-c2ccccc2-c2c3ccccc3c(-c3ccccc3)c3ccccc23)cc1C#N. The van der Waals surface area contributed by atoms with Gasteiger partial charge in [0.2, 0.25) is 0 Å². The second-order valence-corrected chi connectivity index (χ2v) is 12.3. The van der Waals surface area contributed by atoms with Crippen LogP contribution in [0.25, 0.3) is 82.4 Å². The number of aromatic nitrogens is 1. The molecule has 0 saturated heterocycles. The van der Waals surface area contributed by atoms with Crippen molar-refractivity contribution in [3.05, 3.63) is 175 Å². The second kappa shape index (κ2) is 11.4. The summed E-state index contributed by atoms with van der Waals surface area (Å²) in [5, 5.41) is 27.0. The summed E-state index contributed by atoms with van der Waals surface area (Å²) in [6.45, 7) is 0. The zero-order valence-corrected chi connectivity index (χ0v) is 26.4. The molecule has 1 heterocycles. The van der Waals surface area contributed by atoms with E-state index in [2.05, 4.69) is 144 Å². The highest BCUT2D eigenvalue weighted by Crippen LogP contribution is 2.46. The molecular formula is C46H27N3. The summed E-state index contributed by atoms with van der Waals surface area (Å²) in [7, 11) is 0. The number of fused-ring (bicyclic) bond motifs is 5. The second-order valence-electron chi connectivity index (χ2n) is 12.3. The minimum Gasteiger partial charge on any atom is -0.308 e. The Morgan fingerprint density at radius 1 is 0.388 bits per heavy atom. The number of rotatable bonds is 4. The Morgan fingerprint density at radius 3 is 1.63 bits per heavy atom. The van der Waals surface area contributed by atoms with Crippen molar-refractivity contribution in [1.29, 1.82) is 10.5 Å². The maximum atomic E-state index is 10.6. The van der Waals surface area contributed by atoms with Crippen LogP contribution in [0.1, 0.15) is 11.1 Å². The molecule has 9 aromatic rings. The van der Waals surface area contributed by atoms with E-state index in [-0.39, 0.29) is 0 Å². The highest BCUT2D eigenvalue weighted by atomic mass is 15.0. The van der Waals surface area contributed by atoms with Crippen LogP contribution in [-0.4, -0.2) is 4.57 Å². The van der Waals surface area contributed by atoms with Crippen molar-refractivity contribution >= 4 is 43.4 Å². The molecule has 0 aliphatic carbocycles. The molecule has 3 heteroatoms. The Balaban J connectivity index is 1.28. The van der Waals surface area contributed by atoms with E-state index in [1.54, 1.807) is 0 Å². The van der Waals surface area contributed by atoms with Crippen molar-refractivity contribution in [2.45, 2.75) is 0 Å². The zero-order chi connectivity index (χ0) is 32.9. The van der Waals surface area contributed by atoms with Gasteiger partial charge in [-0.25, -0.2) is 0 Å². The summed E-state index contributed by atoms with van der Waals surface area (Å²) in [5.41, 5.74) is 10.7. The van der Waals surface area contributed by atoms with Crippen LogP contribution in [0.5, 0.6) is 0 Å². The summed E-state index contributed by atoms with van der Waals surface area (Å²) >= 11 is 0. The van der Waals surface area contributed by atoms with Crippen LogP contribution in [0.3, 0.4) is 0 Å². The number of nitrogens with zero attached hydrogens (tertiary/aromatic N) is 3. The number of para-hydroxylation sites is 1. The first-order chi connectivity index (χ1) is 24.2. The third-order valence-electron chi connectivity index (χ3n) is 9.66. The van der Waals surface area contributed by atoms with Crippen LogP contribution in [0.2, 0.25) is 0 Å². The Labute approximate surface area is 283 Å². The fraction of sp³-hybridized carbons (Fsp3) is 0. The summed E-state index contributed by atoms with van der Waals surface area (Å²) in [5.74, 6) is 0. The minimum atomic E-state index is 0.577. The summed E-state index contributed by atoms with van der Waals surface area (Å²) in [4.78, 5) is 0. The van der Waals surface area contributed by atoms with Crippen molar-refractivity contribution in [3.63, 3.8) is 0 Å². The highest BCUT2D eigenvalue weighted by Gasteiger charge is 2.20. The Bertz CT molecular complexity index is 2790. The lowest BCUT2D eigenvalue weighted by atomic mass is 9.83. The first kappa shape index (κ1) is 28.3. The molecular weight excluding hydrogens is 595 g/mol. The standard InChI is InChI=1S/C46H27N3/c47-28-30-22-24-44-41(26-30)35-15-10-11-21-43(35)49(44)42-25-23-32(27-33(42)29-48)34-14-4-5-16-36(34)46-39-19-8-6-17-37(39)45(31-12-2-1-3-13-31)38-18-7-9-20-40(38)46/h1-27H. The van der Waals surface area contributed by atoms with Gasteiger partial charge in [-0.15, -0.1) is 0 Å². The van der Waals surface area contributed by atoms with Gasteiger partial charge in [-0.05, 0) is 91.3 Å². The molecule has 0 saturated carbocycles. The van der Waals surface area contributed by atoms with Crippen LogP contribution < -0.4 is 0 Å². The molecule has 0 N–H and O–H groups in total. The molecule has 0 atom stereocenters. The maximum Gasteiger partial charge on any atom is 0.101 e. The van der Waals surface area contributed by atoms with Crippen molar-refractivity contribution in [1.82, 2.24) is 4.57 Å². The van der Waals surface area contributed by atoms with E-state index in [0.29, 0.717) is 11.1 Å². The monoisotopic (exact) mass is 621 g/mol. The molecule has 0 spiro atoms. The molecule has 0 unspecified atom stereocenters. The lowest BCUT2D eigenvalue weighted by Gasteiger charge is -2.20. The van der Waals surface area contributed by atoms with Gasteiger partial charge in [-0.3, -0.25) is 0 Å². The van der Waals surface area contributed by atoms with Gasteiger partial charge in [0.1, 0.15) is 6.07 Å². The summed E-state index contributed by atoms with van der Waals surface area (Å²) < 4.78 is 2.14. The van der Waals surface area contributed by atoms with Gasteiger partial charge in [-0.1, -0.05) is 127 Å². The van der Waals surface area contributed by atoms with Gasteiger partial charge >= 0.3 is 0 Å². The first-order valence-electron chi connectivity index (χ1n) is 16.3. The Hall–Kier alpha value is -6.94. The molecule has 0 bridgehead atoms. The average Bonchev–Trinajstić information content (AvgIpc) is 3.50. The third kappa shape index (κ3) is 4.42.